The quantitative estimate of drug-likeness (QED) is 0.332. The van der Waals surface area contributed by atoms with Gasteiger partial charge < -0.3 is 15.8 Å². The van der Waals surface area contributed by atoms with Crippen LogP contribution in [0.5, 0.6) is 0 Å². The first-order valence-electron chi connectivity index (χ1n) is 4.15. The number of hydrogen-bond donors (Lipinski definition) is 3. The summed E-state index contributed by atoms with van der Waals surface area (Å²) in [5.74, 6) is 0.231. The van der Waals surface area contributed by atoms with E-state index in [0.717, 1.165) is 6.42 Å². The Morgan fingerprint density at radius 3 is 3.07 bits per heavy atom. The highest BCUT2D eigenvalue weighted by Crippen LogP contribution is 2.07. The standard InChI is InChI=1S/C7H13N5O2/c1-13-4-2-3-10-7-5(6(8)9)11-14-12-7/h2-4H2,1H3,(H3,8,9)(H,10,12). The summed E-state index contributed by atoms with van der Waals surface area (Å²) < 4.78 is 9.32. The molecule has 7 heteroatoms. The summed E-state index contributed by atoms with van der Waals surface area (Å²) in [7, 11) is 1.64. The Bertz CT molecular complexity index is 298. The molecule has 0 saturated carbocycles. The van der Waals surface area contributed by atoms with E-state index in [4.69, 9.17) is 15.9 Å². The maximum atomic E-state index is 7.16. The Morgan fingerprint density at radius 1 is 1.64 bits per heavy atom. The van der Waals surface area contributed by atoms with Gasteiger partial charge in [0, 0.05) is 20.3 Å². The molecule has 0 aliphatic rings. The third-order valence-electron chi connectivity index (χ3n) is 1.56. The average Bonchev–Trinajstić information content (AvgIpc) is 2.60. The lowest BCUT2D eigenvalue weighted by Crippen LogP contribution is -2.15. The first kappa shape index (κ1) is 10.5. The van der Waals surface area contributed by atoms with E-state index in [1.807, 2.05) is 0 Å². The van der Waals surface area contributed by atoms with Gasteiger partial charge >= 0.3 is 0 Å². The molecule has 1 aromatic heterocycles. The van der Waals surface area contributed by atoms with Gasteiger partial charge in [-0.2, -0.15) is 0 Å². The number of anilines is 1. The Balaban J connectivity index is 2.42. The molecule has 0 aliphatic carbocycles. The Labute approximate surface area is 81.1 Å². The molecule has 0 unspecified atom stereocenters. The van der Waals surface area contributed by atoms with E-state index in [9.17, 15) is 0 Å². The topological polar surface area (TPSA) is 110 Å². The molecule has 1 aromatic rings. The van der Waals surface area contributed by atoms with Gasteiger partial charge in [-0.05, 0) is 16.7 Å². The zero-order valence-corrected chi connectivity index (χ0v) is 7.91. The average molecular weight is 199 g/mol. The lowest BCUT2D eigenvalue weighted by Gasteiger charge is -2.01. The van der Waals surface area contributed by atoms with Crippen LogP contribution in [-0.4, -0.2) is 36.4 Å². The van der Waals surface area contributed by atoms with Crippen LogP contribution in [-0.2, 0) is 4.74 Å². The van der Waals surface area contributed by atoms with Crippen LogP contribution in [0.1, 0.15) is 12.1 Å². The van der Waals surface area contributed by atoms with Gasteiger partial charge in [-0.3, -0.25) is 5.41 Å². The number of nitrogens with one attached hydrogen (secondary N) is 2. The molecule has 0 fully saturated rings. The van der Waals surface area contributed by atoms with E-state index in [1.54, 1.807) is 7.11 Å². The smallest absolute Gasteiger partial charge is 0.202 e. The van der Waals surface area contributed by atoms with Crippen LogP contribution in [0.25, 0.3) is 0 Å². The number of rotatable bonds is 6. The summed E-state index contributed by atoms with van der Waals surface area (Å²) in [5, 5.41) is 17.2. The number of methoxy groups -OCH3 is 1. The Hall–Kier alpha value is -1.63. The molecule has 0 radical (unpaired) electrons. The second kappa shape index (κ2) is 5.18. The van der Waals surface area contributed by atoms with Crippen LogP contribution >= 0.6 is 0 Å². The molecule has 78 valence electrons. The van der Waals surface area contributed by atoms with Crippen molar-refractivity contribution in [1.82, 2.24) is 10.3 Å². The molecule has 0 bridgehead atoms. The molecule has 7 nitrogen and oxygen atoms in total. The number of hydrogen-bond acceptors (Lipinski definition) is 6. The van der Waals surface area contributed by atoms with Crippen molar-refractivity contribution in [1.29, 1.82) is 5.41 Å². The Kier molecular flexibility index (Phi) is 3.86. The van der Waals surface area contributed by atoms with Gasteiger partial charge in [-0.15, -0.1) is 0 Å². The SMILES string of the molecule is COCCCNc1nonc1C(=N)N. The zero-order valence-electron chi connectivity index (χ0n) is 7.91. The van der Waals surface area contributed by atoms with Gasteiger partial charge in [0.05, 0.1) is 0 Å². The fourth-order valence-corrected chi connectivity index (χ4v) is 0.905. The minimum absolute atomic E-state index is 0.166. The van der Waals surface area contributed by atoms with Crippen molar-refractivity contribution in [2.24, 2.45) is 5.73 Å². The lowest BCUT2D eigenvalue weighted by atomic mass is 10.4. The molecule has 0 saturated heterocycles. The highest BCUT2D eigenvalue weighted by Gasteiger charge is 2.11. The first-order chi connectivity index (χ1) is 6.75. The third kappa shape index (κ3) is 2.70. The summed E-state index contributed by atoms with van der Waals surface area (Å²) in [5.41, 5.74) is 5.48. The minimum Gasteiger partial charge on any atom is -0.385 e. The molecule has 4 N–H and O–H groups in total. The van der Waals surface area contributed by atoms with Crippen molar-refractivity contribution in [3.8, 4) is 0 Å². The molecular weight excluding hydrogens is 186 g/mol. The monoisotopic (exact) mass is 199 g/mol. The van der Waals surface area contributed by atoms with Gasteiger partial charge in [-0.25, -0.2) is 4.63 Å². The van der Waals surface area contributed by atoms with E-state index >= 15 is 0 Å². The van der Waals surface area contributed by atoms with E-state index in [2.05, 4.69) is 20.3 Å². The fourth-order valence-electron chi connectivity index (χ4n) is 0.905. The maximum absolute atomic E-state index is 7.16. The maximum Gasteiger partial charge on any atom is 0.202 e. The van der Waals surface area contributed by atoms with E-state index < -0.39 is 0 Å². The molecule has 0 aliphatic heterocycles. The first-order valence-corrected chi connectivity index (χ1v) is 4.15. The van der Waals surface area contributed by atoms with Gasteiger partial charge in [0.1, 0.15) is 5.84 Å². The van der Waals surface area contributed by atoms with Crippen LogP contribution in [0, 0.1) is 5.41 Å². The highest BCUT2D eigenvalue weighted by molar-refractivity contribution is 5.97. The molecule has 0 aromatic carbocycles. The number of nitrogens with zero attached hydrogens (tertiary/aromatic N) is 2. The van der Waals surface area contributed by atoms with Crippen molar-refractivity contribution in [2.75, 3.05) is 25.6 Å². The van der Waals surface area contributed by atoms with Crippen LogP contribution in [0.2, 0.25) is 0 Å². The second-order valence-corrected chi connectivity index (χ2v) is 2.65. The number of nitrogen functional groups attached to an aromatic ring is 1. The predicted octanol–water partition coefficient (Wildman–Crippen LogP) is -0.198. The van der Waals surface area contributed by atoms with Gasteiger partial charge in [0.2, 0.25) is 5.82 Å². The van der Waals surface area contributed by atoms with E-state index in [1.165, 1.54) is 0 Å². The molecule has 1 heterocycles. The molecule has 0 atom stereocenters. The molecular formula is C7H13N5O2. The Morgan fingerprint density at radius 2 is 2.43 bits per heavy atom. The van der Waals surface area contributed by atoms with Crippen LogP contribution in [0.4, 0.5) is 5.82 Å². The lowest BCUT2D eigenvalue weighted by molar-refractivity contribution is 0.197. The number of amidine groups is 1. The summed E-state index contributed by atoms with van der Waals surface area (Å²) >= 11 is 0. The van der Waals surface area contributed by atoms with Gasteiger partial charge in [0.15, 0.2) is 5.69 Å². The fraction of sp³-hybridized carbons (Fsp3) is 0.571. The summed E-state index contributed by atoms with van der Waals surface area (Å²) in [6.07, 6.45) is 0.834. The van der Waals surface area contributed by atoms with Crippen LogP contribution in [0.15, 0.2) is 4.63 Å². The van der Waals surface area contributed by atoms with E-state index in [0.29, 0.717) is 19.0 Å². The predicted molar refractivity (Wildman–Crippen MR) is 50.3 cm³/mol. The van der Waals surface area contributed by atoms with Crippen molar-refractivity contribution in [3.05, 3.63) is 5.69 Å². The molecule has 14 heavy (non-hydrogen) atoms. The molecule has 0 spiro atoms. The number of nitrogens with two attached hydrogens (primary N) is 1. The highest BCUT2D eigenvalue weighted by atomic mass is 16.6. The number of ether oxygens (including phenoxy) is 1. The van der Waals surface area contributed by atoms with Crippen LogP contribution < -0.4 is 11.1 Å². The van der Waals surface area contributed by atoms with Crippen molar-refractivity contribution in [3.63, 3.8) is 0 Å². The summed E-state index contributed by atoms with van der Waals surface area (Å²) in [4.78, 5) is 0. The van der Waals surface area contributed by atoms with Gasteiger partial charge in [-0.1, -0.05) is 0 Å². The van der Waals surface area contributed by atoms with Crippen molar-refractivity contribution < 1.29 is 9.37 Å². The normalized spacial score (nSPS) is 10.1. The molecule has 0 amide bonds. The molecule has 1 rings (SSSR count). The minimum atomic E-state index is -0.166. The van der Waals surface area contributed by atoms with Gasteiger partial charge in [0.25, 0.3) is 0 Å². The number of aromatic nitrogens is 2. The summed E-state index contributed by atoms with van der Waals surface area (Å²) in [6.45, 7) is 1.33. The zero-order chi connectivity index (χ0) is 10.4. The third-order valence-corrected chi connectivity index (χ3v) is 1.56. The second-order valence-electron chi connectivity index (χ2n) is 2.65. The van der Waals surface area contributed by atoms with Crippen molar-refractivity contribution in [2.45, 2.75) is 6.42 Å². The van der Waals surface area contributed by atoms with Crippen molar-refractivity contribution >= 4 is 11.7 Å². The summed E-state index contributed by atoms with van der Waals surface area (Å²) in [6, 6.07) is 0. The van der Waals surface area contributed by atoms with Crippen LogP contribution in [0.3, 0.4) is 0 Å². The largest absolute Gasteiger partial charge is 0.385 e. The van der Waals surface area contributed by atoms with E-state index in [-0.39, 0.29) is 11.5 Å².